The first-order chi connectivity index (χ1) is 13.2. The summed E-state index contributed by atoms with van der Waals surface area (Å²) in [4.78, 5) is 14.3. The van der Waals surface area contributed by atoms with Gasteiger partial charge in [-0.1, -0.05) is 6.07 Å². The smallest absolute Gasteiger partial charge is 0.246 e. The highest BCUT2D eigenvalue weighted by Gasteiger charge is 2.23. The molecule has 7 nitrogen and oxygen atoms in total. The maximum Gasteiger partial charge on any atom is 0.246 e. The van der Waals surface area contributed by atoms with Crippen LogP contribution in [0.15, 0.2) is 36.4 Å². The standard InChI is InChI=1S/C20H21N3O4/c1-14-2-6-19(22-21-14)27-16-8-10-23(11-9-16)20(24)7-4-15-3-5-17-18(12-15)26-13-25-17/h2-7,12,16H,8-11,13H2,1H3. The van der Waals surface area contributed by atoms with Gasteiger partial charge in [-0.05, 0) is 36.8 Å². The van der Waals surface area contributed by atoms with Crippen LogP contribution in [0, 0.1) is 6.92 Å². The van der Waals surface area contributed by atoms with Gasteiger partial charge in [0.2, 0.25) is 18.6 Å². The minimum Gasteiger partial charge on any atom is -0.473 e. The molecule has 2 aromatic rings. The van der Waals surface area contributed by atoms with Crippen LogP contribution in [-0.4, -0.2) is 47.0 Å². The minimum absolute atomic E-state index is 0.00115. The number of ether oxygens (including phenoxy) is 3. The van der Waals surface area contributed by atoms with Gasteiger partial charge in [0, 0.05) is 38.1 Å². The molecular weight excluding hydrogens is 346 g/mol. The van der Waals surface area contributed by atoms with Gasteiger partial charge in [0.1, 0.15) is 6.10 Å². The number of nitrogens with zero attached hydrogens (tertiary/aromatic N) is 3. The Morgan fingerprint density at radius 2 is 1.96 bits per heavy atom. The number of aromatic nitrogens is 2. The second-order valence-corrected chi connectivity index (χ2v) is 6.60. The summed E-state index contributed by atoms with van der Waals surface area (Å²) in [7, 11) is 0. The zero-order valence-corrected chi connectivity index (χ0v) is 15.1. The van der Waals surface area contributed by atoms with Crippen molar-refractivity contribution in [3.05, 3.63) is 47.7 Å². The fourth-order valence-corrected chi connectivity index (χ4v) is 3.10. The number of likely N-dealkylation sites (tertiary alicyclic amines) is 1. The van der Waals surface area contributed by atoms with Crippen LogP contribution in [0.2, 0.25) is 0 Å². The number of amides is 1. The molecule has 27 heavy (non-hydrogen) atoms. The van der Waals surface area contributed by atoms with Crippen molar-refractivity contribution in [2.24, 2.45) is 0 Å². The second kappa shape index (κ2) is 7.65. The lowest BCUT2D eigenvalue weighted by Gasteiger charge is -2.31. The monoisotopic (exact) mass is 367 g/mol. The number of rotatable bonds is 4. The highest BCUT2D eigenvalue weighted by atomic mass is 16.7. The molecular formula is C20H21N3O4. The number of carbonyl (C=O) groups excluding carboxylic acids is 1. The molecule has 0 radical (unpaired) electrons. The maximum atomic E-state index is 12.4. The lowest BCUT2D eigenvalue weighted by Crippen LogP contribution is -2.41. The lowest BCUT2D eigenvalue weighted by atomic mass is 10.1. The Bertz CT molecular complexity index is 843. The lowest BCUT2D eigenvalue weighted by molar-refractivity contribution is -0.127. The van der Waals surface area contributed by atoms with Crippen molar-refractivity contribution in [1.82, 2.24) is 15.1 Å². The van der Waals surface area contributed by atoms with Crippen LogP contribution in [0.1, 0.15) is 24.1 Å². The van der Waals surface area contributed by atoms with E-state index in [9.17, 15) is 4.79 Å². The molecule has 0 bridgehead atoms. The van der Waals surface area contributed by atoms with E-state index in [-0.39, 0.29) is 18.8 Å². The van der Waals surface area contributed by atoms with E-state index >= 15 is 0 Å². The van der Waals surface area contributed by atoms with E-state index in [1.54, 1.807) is 12.2 Å². The highest BCUT2D eigenvalue weighted by molar-refractivity contribution is 5.92. The van der Waals surface area contributed by atoms with Crippen LogP contribution in [0.5, 0.6) is 17.4 Å². The Morgan fingerprint density at radius 3 is 2.74 bits per heavy atom. The van der Waals surface area contributed by atoms with Crippen LogP contribution in [-0.2, 0) is 4.79 Å². The molecule has 3 heterocycles. The van der Waals surface area contributed by atoms with Gasteiger partial charge in [-0.15, -0.1) is 5.10 Å². The molecule has 1 aromatic heterocycles. The Balaban J connectivity index is 1.28. The molecule has 1 saturated heterocycles. The van der Waals surface area contributed by atoms with Crippen LogP contribution in [0.25, 0.3) is 6.08 Å². The molecule has 0 N–H and O–H groups in total. The summed E-state index contributed by atoms with van der Waals surface area (Å²) in [5.74, 6) is 1.98. The minimum atomic E-state index is 0.00115. The highest BCUT2D eigenvalue weighted by Crippen LogP contribution is 2.32. The average Bonchev–Trinajstić information content (AvgIpc) is 3.16. The van der Waals surface area contributed by atoms with Gasteiger partial charge in [0.15, 0.2) is 11.5 Å². The number of carbonyl (C=O) groups is 1. The maximum absolute atomic E-state index is 12.4. The van der Waals surface area contributed by atoms with Gasteiger partial charge < -0.3 is 19.1 Å². The fourth-order valence-electron chi connectivity index (χ4n) is 3.10. The molecule has 2 aliphatic rings. The molecule has 7 heteroatoms. The Kier molecular flexibility index (Phi) is 4.91. The summed E-state index contributed by atoms with van der Waals surface area (Å²) in [6, 6.07) is 9.33. The Hall–Kier alpha value is -3.09. The topological polar surface area (TPSA) is 73.8 Å². The van der Waals surface area contributed by atoms with Crippen molar-refractivity contribution >= 4 is 12.0 Å². The largest absolute Gasteiger partial charge is 0.473 e. The normalized spacial score (nSPS) is 16.7. The molecule has 1 amide bonds. The quantitative estimate of drug-likeness (QED) is 0.774. The predicted octanol–water partition coefficient (Wildman–Crippen LogP) is 2.60. The third kappa shape index (κ3) is 4.19. The third-order valence-electron chi connectivity index (χ3n) is 4.63. The number of aryl methyl sites for hydroxylation is 1. The first kappa shape index (κ1) is 17.3. The fraction of sp³-hybridized carbons (Fsp3) is 0.350. The number of hydrogen-bond acceptors (Lipinski definition) is 6. The van der Waals surface area contributed by atoms with Gasteiger partial charge in [-0.3, -0.25) is 4.79 Å². The zero-order chi connectivity index (χ0) is 18.6. The van der Waals surface area contributed by atoms with Crippen molar-refractivity contribution < 1.29 is 19.0 Å². The summed E-state index contributed by atoms with van der Waals surface area (Å²) in [5.41, 5.74) is 1.76. The Morgan fingerprint density at radius 1 is 1.15 bits per heavy atom. The number of hydrogen-bond donors (Lipinski definition) is 0. The van der Waals surface area contributed by atoms with Crippen LogP contribution >= 0.6 is 0 Å². The summed E-state index contributed by atoms with van der Waals surface area (Å²) in [6.07, 6.45) is 5.01. The third-order valence-corrected chi connectivity index (χ3v) is 4.63. The van der Waals surface area contributed by atoms with E-state index in [1.807, 2.05) is 42.2 Å². The van der Waals surface area contributed by atoms with Gasteiger partial charge in [-0.2, -0.15) is 5.10 Å². The summed E-state index contributed by atoms with van der Waals surface area (Å²) < 4.78 is 16.5. The molecule has 0 atom stereocenters. The molecule has 0 unspecified atom stereocenters. The summed E-state index contributed by atoms with van der Waals surface area (Å²) in [5, 5.41) is 8.03. The van der Waals surface area contributed by atoms with Crippen LogP contribution in [0.3, 0.4) is 0 Å². The van der Waals surface area contributed by atoms with Crippen LogP contribution in [0.4, 0.5) is 0 Å². The van der Waals surface area contributed by atoms with Gasteiger partial charge in [-0.25, -0.2) is 0 Å². The van der Waals surface area contributed by atoms with Crippen molar-refractivity contribution in [3.63, 3.8) is 0 Å². The van der Waals surface area contributed by atoms with E-state index < -0.39 is 0 Å². The molecule has 4 rings (SSSR count). The summed E-state index contributed by atoms with van der Waals surface area (Å²) in [6.45, 7) is 3.45. The molecule has 0 saturated carbocycles. The van der Waals surface area contributed by atoms with Gasteiger partial charge >= 0.3 is 0 Å². The van der Waals surface area contributed by atoms with Gasteiger partial charge in [0.25, 0.3) is 0 Å². The first-order valence-electron chi connectivity index (χ1n) is 9.01. The van der Waals surface area contributed by atoms with E-state index in [2.05, 4.69) is 10.2 Å². The van der Waals surface area contributed by atoms with E-state index in [4.69, 9.17) is 14.2 Å². The molecule has 0 aliphatic carbocycles. The first-order valence-corrected chi connectivity index (χ1v) is 9.01. The molecule has 2 aliphatic heterocycles. The molecule has 0 spiro atoms. The second-order valence-electron chi connectivity index (χ2n) is 6.60. The van der Waals surface area contributed by atoms with E-state index in [0.29, 0.717) is 24.7 Å². The zero-order valence-electron chi connectivity index (χ0n) is 15.1. The van der Waals surface area contributed by atoms with Crippen molar-refractivity contribution in [2.75, 3.05) is 19.9 Å². The molecule has 1 fully saturated rings. The predicted molar refractivity (Wildman–Crippen MR) is 98.6 cm³/mol. The number of benzene rings is 1. The number of fused-ring (bicyclic) bond motifs is 1. The SMILES string of the molecule is Cc1ccc(OC2CCN(C(=O)C=Cc3ccc4c(c3)OCO4)CC2)nn1. The van der Waals surface area contributed by atoms with Gasteiger partial charge in [0.05, 0.1) is 5.69 Å². The van der Waals surface area contributed by atoms with Crippen LogP contribution < -0.4 is 14.2 Å². The Labute approximate surface area is 157 Å². The van der Waals surface area contributed by atoms with Crippen molar-refractivity contribution in [2.45, 2.75) is 25.9 Å². The molecule has 1 aromatic carbocycles. The average molecular weight is 367 g/mol. The number of piperidine rings is 1. The van der Waals surface area contributed by atoms with Crippen molar-refractivity contribution in [3.8, 4) is 17.4 Å². The van der Waals surface area contributed by atoms with E-state index in [0.717, 1.165) is 29.8 Å². The van der Waals surface area contributed by atoms with E-state index in [1.165, 1.54) is 0 Å². The molecule has 140 valence electrons. The summed E-state index contributed by atoms with van der Waals surface area (Å²) >= 11 is 0. The van der Waals surface area contributed by atoms with Crippen molar-refractivity contribution in [1.29, 1.82) is 0 Å².